The first kappa shape index (κ1) is 14.1. The second kappa shape index (κ2) is 6.73. The van der Waals surface area contributed by atoms with Crippen LogP contribution in [0.5, 0.6) is 5.75 Å². The van der Waals surface area contributed by atoms with Gasteiger partial charge >= 0.3 is 0 Å². The summed E-state index contributed by atoms with van der Waals surface area (Å²) in [4.78, 5) is 4.41. The predicted molar refractivity (Wildman–Crippen MR) is 79.2 cm³/mol. The molecule has 6 heteroatoms. The molecule has 1 heterocycles. The first-order valence-electron chi connectivity index (χ1n) is 6.12. The molecule has 2 rings (SSSR count). The molecule has 2 aromatic rings. The third-order valence-electron chi connectivity index (χ3n) is 2.65. The zero-order valence-electron chi connectivity index (χ0n) is 10.9. The maximum Gasteiger partial charge on any atom is 0.202 e. The number of nitrogens with one attached hydrogen (secondary N) is 1. The maximum atomic E-state index is 6.18. The van der Waals surface area contributed by atoms with Gasteiger partial charge < -0.3 is 10.1 Å². The van der Waals surface area contributed by atoms with Gasteiger partial charge in [0.15, 0.2) is 0 Å². The van der Waals surface area contributed by atoms with Crippen LogP contribution in [0.2, 0.25) is 5.02 Å². The highest BCUT2D eigenvalue weighted by Gasteiger charge is 2.09. The van der Waals surface area contributed by atoms with Gasteiger partial charge in [-0.1, -0.05) is 24.6 Å². The Morgan fingerprint density at radius 2 is 2.26 bits per heavy atom. The second-order valence-electron chi connectivity index (χ2n) is 4.04. The van der Waals surface area contributed by atoms with E-state index in [1.54, 1.807) is 7.11 Å². The third kappa shape index (κ3) is 3.58. The number of rotatable bonds is 6. The summed E-state index contributed by atoms with van der Waals surface area (Å²) < 4.78 is 9.59. The van der Waals surface area contributed by atoms with Crippen molar-refractivity contribution in [2.24, 2.45) is 0 Å². The highest BCUT2D eigenvalue weighted by molar-refractivity contribution is 7.09. The molecule has 0 atom stereocenters. The summed E-state index contributed by atoms with van der Waals surface area (Å²) in [6, 6.07) is 5.62. The SMILES string of the molecule is CCCc1nsc(NCc2c(Cl)cccc2OC)n1. The number of hydrogen-bond acceptors (Lipinski definition) is 5. The summed E-state index contributed by atoms with van der Waals surface area (Å²) in [6.07, 6.45) is 1.96. The van der Waals surface area contributed by atoms with Crippen molar-refractivity contribution in [1.82, 2.24) is 9.36 Å². The number of hydrogen-bond donors (Lipinski definition) is 1. The van der Waals surface area contributed by atoms with Crippen LogP contribution in [0.25, 0.3) is 0 Å². The van der Waals surface area contributed by atoms with Crippen LogP contribution in [0.4, 0.5) is 5.13 Å². The summed E-state index contributed by atoms with van der Waals surface area (Å²) in [5, 5.41) is 4.73. The van der Waals surface area contributed by atoms with Crippen LogP contribution in [0.3, 0.4) is 0 Å². The highest BCUT2D eigenvalue weighted by Crippen LogP contribution is 2.27. The van der Waals surface area contributed by atoms with Crippen LogP contribution < -0.4 is 10.1 Å². The lowest BCUT2D eigenvalue weighted by Gasteiger charge is -2.10. The van der Waals surface area contributed by atoms with Crippen molar-refractivity contribution < 1.29 is 4.74 Å². The van der Waals surface area contributed by atoms with Crippen LogP contribution >= 0.6 is 23.1 Å². The lowest BCUT2D eigenvalue weighted by atomic mass is 10.2. The predicted octanol–water partition coefficient (Wildman–Crippen LogP) is 3.76. The first-order valence-corrected chi connectivity index (χ1v) is 7.27. The molecule has 0 amide bonds. The monoisotopic (exact) mass is 297 g/mol. The van der Waals surface area contributed by atoms with E-state index in [1.165, 1.54) is 11.5 Å². The average molecular weight is 298 g/mol. The van der Waals surface area contributed by atoms with Crippen molar-refractivity contribution in [3.8, 4) is 5.75 Å². The Balaban J connectivity index is 2.05. The van der Waals surface area contributed by atoms with Crippen LogP contribution in [0.15, 0.2) is 18.2 Å². The van der Waals surface area contributed by atoms with Crippen molar-refractivity contribution >= 4 is 28.3 Å². The fourth-order valence-corrected chi connectivity index (χ4v) is 2.56. The quantitative estimate of drug-likeness (QED) is 0.882. The zero-order chi connectivity index (χ0) is 13.7. The minimum Gasteiger partial charge on any atom is -0.496 e. The van der Waals surface area contributed by atoms with Crippen molar-refractivity contribution in [2.45, 2.75) is 26.3 Å². The number of aromatic nitrogens is 2. The Bertz CT molecular complexity index is 544. The van der Waals surface area contributed by atoms with Crippen molar-refractivity contribution in [2.75, 3.05) is 12.4 Å². The third-order valence-corrected chi connectivity index (χ3v) is 3.72. The van der Waals surface area contributed by atoms with Gasteiger partial charge in [-0.15, -0.1) is 0 Å². The van der Waals surface area contributed by atoms with E-state index in [2.05, 4.69) is 21.6 Å². The molecule has 0 radical (unpaired) electrons. The number of aryl methyl sites for hydroxylation is 1. The summed E-state index contributed by atoms with van der Waals surface area (Å²) >= 11 is 7.55. The molecule has 4 nitrogen and oxygen atoms in total. The Labute approximate surface area is 122 Å². The molecule has 19 heavy (non-hydrogen) atoms. The molecular formula is C13H16ClN3OS. The van der Waals surface area contributed by atoms with Gasteiger partial charge in [0.25, 0.3) is 0 Å². The largest absolute Gasteiger partial charge is 0.496 e. The fourth-order valence-electron chi connectivity index (χ4n) is 1.72. The van der Waals surface area contributed by atoms with Crippen LogP contribution in [0.1, 0.15) is 24.7 Å². The molecule has 1 aromatic carbocycles. The minimum atomic E-state index is 0.573. The molecule has 1 aromatic heterocycles. The van der Waals surface area contributed by atoms with E-state index in [1.807, 2.05) is 18.2 Å². The standard InChI is InChI=1S/C13H16ClN3OS/c1-3-5-12-16-13(19-17-12)15-8-9-10(14)6-4-7-11(9)18-2/h4,6-7H,3,5,8H2,1-2H3,(H,15,16,17). The molecule has 0 saturated carbocycles. The molecule has 0 unspecified atom stereocenters. The highest BCUT2D eigenvalue weighted by atomic mass is 35.5. The zero-order valence-corrected chi connectivity index (χ0v) is 12.5. The topological polar surface area (TPSA) is 47.0 Å². The van der Waals surface area contributed by atoms with Gasteiger partial charge in [0.2, 0.25) is 5.13 Å². The van der Waals surface area contributed by atoms with Gasteiger partial charge in [-0.25, -0.2) is 4.98 Å². The molecule has 0 saturated heterocycles. The van der Waals surface area contributed by atoms with E-state index < -0.39 is 0 Å². The number of benzene rings is 1. The number of nitrogens with zero attached hydrogens (tertiary/aromatic N) is 2. The molecule has 102 valence electrons. The van der Waals surface area contributed by atoms with Gasteiger partial charge in [-0.2, -0.15) is 4.37 Å². The van der Waals surface area contributed by atoms with E-state index in [0.29, 0.717) is 11.6 Å². The summed E-state index contributed by atoms with van der Waals surface area (Å²) in [6.45, 7) is 2.69. The Morgan fingerprint density at radius 1 is 1.42 bits per heavy atom. The summed E-state index contributed by atoms with van der Waals surface area (Å²) in [5.74, 6) is 1.67. The van der Waals surface area contributed by atoms with E-state index in [0.717, 1.165) is 35.1 Å². The molecule has 0 aliphatic rings. The maximum absolute atomic E-state index is 6.18. The van der Waals surface area contributed by atoms with Gasteiger partial charge in [0.05, 0.1) is 7.11 Å². The smallest absolute Gasteiger partial charge is 0.202 e. The number of methoxy groups -OCH3 is 1. The number of ether oxygens (including phenoxy) is 1. The lowest BCUT2D eigenvalue weighted by molar-refractivity contribution is 0.410. The van der Waals surface area contributed by atoms with Gasteiger partial charge in [-0.3, -0.25) is 0 Å². The van der Waals surface area contributed by atoms with Crippen molar-refractivity contribution in [3.05, 3.63) is 34.6 Å². The Hall–Kier alpha value is -1.33. The normalized spacial score (nSPS) is 10.5. The van der Waals surface area contributed by atoms with Crippen LogP contribution in [-0.4, -0.2) is 16.5 Å². The molecule has 0 bridgehead atoms. The van der Waals surface area contributed by atoms with E-state index in [4.69, 9.17) is 16.3 Å². The Kier molecular flexibility index (Phi) is 4.99. The number of anilines is 1. The molecule has 0 spiro atoms. The van der Waals surface area contributed by atoms with E-state index in [-0.39, 0.29) is 0 Å². The average Bonchev–Trinajstić information content (AvgIpc) is 2.85. The Morgan fingerprint density at radius 3 is 3.00 bits per heavy atom. The number of halogens is 1. The minimum absolute atomic E-state index is 0.573. The second-order valence-corrected chi connectivity index (χ2v) is 5.20. The van der Waals surface area contributed by atoms with E-state index >= 15 is 0 Å². The van der Waals surface area contributed by atoms with Gasteiger partial charge in [-0.05, 0) is 18.6 Å². The molecule has 1 N–H and O–H groups in total. The van der Waals surface area contributed by atoms with Gasteiger partial charge in [0.1, 0.15) is 11.6 Å². The molecule has 0 aliphatic carbocycles. The van der Waals surface area contributed by atoms with Crippen molar-refractivity contribution in [3.63, 3.8) is 0 Å². The fraction of sp³-hybridized carbons (Fsp3) is 0.385. The first-order chi connectivity index (χ1) is 9.24. The summed E-state index contributed by atoms with van der Waals surface area (Å²) in [5.41, 5.74) is 0.930. The van der Waals surface area contributed by atoms with Crippen molar-refractivity contribution in [1.29, 1.82) is 0 Å². The van der Waals surface area contributed by atoms with Crippen LogP contribution in [-0.2, 0) is 13.0 Å². The molecule has 0 fully saturated rings. The lowest BCUT2D eigenvalue weighted by Crippen LogP contribution is -2.02. The molecular weight excluding hydrogens is 282 g/mol. The van der Waals surface area contributed by atoms with Gasteiger partial charge in [0, 0.05) is 35.1 Å². The summed E-state index contributed by atoms with van der Waals surface area (Å²) in [7, 11) is 1.64. The molecule has 0 aliphatic heterocycles. The van der Waals surface area contributed by atoms with E-state index in [9.17, 15) is 0 Å². The van der Waals surface area contributed by atoms with Crippen LogP contribution in [0, 0.1) is 0 Å².